The molecule has 0 unspecified atom stereocenters. The predicted octanol–water partition coefficient (Wildman–Crippen LogP) is 7.63. The van der Waals surface area contributed by atoms with Crippen molar-refractivity contribution in [1.82, 2.24) is 0 Å². The summed E-state index contributed by atoms with van der Waals surface area (Å²) in [5.74, 6) is -0.297. The van der Waals surface area contributed by atoms with Gasteiger partial charge in [-0.3, -0.25) is 0 Å². The second kappa shape index (κ2) is 8.81. The Kier molecular flexibility index (Phi) is 6.47. The van der Waals surface area contributed by atoms with Crippen molar-refractivity contribution in [3.8, 4) is 5.75 Å². The highest BCUT2D eigenvalue weighted by Crippen LogP contribution is 2.40. The molecular weight excluding hydrogens is 350 g/mol. The van der Waals surface area contributed by atoms with E-state index in [-0.39, 0.29) is 17.4 Å². The third kappa shape index (κ3) is 3.85. The average Bonchev–Trinajstić information content (AvgIpc) is 3.03. The first kappa shape index (κ1) is 19.1. The van der Waals surface area contributed by atoms with Gasteiger partial charge in [0.1, 0.15) is 5.82 Å². The lowest BCUT2D eigenvalue weighted by atomic mass is 10.0. The van der Waals surface area contributed by atoms with Crippen molar-refractivity contribution in [3.05, 3.63) is 41.5 Å². The van der Waals surface area contributed by atoms with Crippen LogP contribution in [0.4, 0.5) is 8.78 Å². The molecule has 0 fully saturated rings. The van der Waals surface area contributed by atoms with Crippen LogP contribution in [0.3, 0.4) is 0 Å². The number of ether oxygens (including phenoxy) is 1. The van der Waals surface area contributed by atoms with E-state index in [9.17, 15) is 8.78 Å². The first-order valence-electron chi connectivity index (χ1n) is 9.62. The molecule has 1 nitrogen and oxygen atoms in total. The maximum absolute atomic E-state index is 15.0. The molecule has 1 heterocycles. The van der Waals surface area contributed by atoms with E-state index < -0.39 is 0 Å². The molecule has 3 rings (SSSR count). The van der Waals surface area contributed by atoms with E-state index in [2.05, 4.69) is 13.8 Å². The minimum atomic E-state index is -0.372. The Hall–Kier alpha value is -1.68. The third-order valence-electron chi connectivity index (χ3n) is 4.79. The SMILES string of the molecule is CCCCCCc1ccc2c(sc3c(F)c(OCCCC)ccc32)c1F. The number of halogens is 2. The number of aryl methyl sites for hydroxylation is 1. The molecule has 3 aromatic rings. The van der Waals surface area contributed by atoms with E-state index in [1.807, 2.05) is 18.2 Å². The lowest BCUT2D eigenvalue weighted by Crippen LogP contribution is -1.98. The smallest absolute Gasteiger partial charge is 0.182 e. The second-order valence-corrected chi connectivity index (χ2v) is 7.81. The van der Waals surface area contributed by atoms with Gasteiger partial charge in [0.15, 0.2) is 11.6 Å². The molecule has 2 aromatic carbocycles. The standard InChI is InChI=1S/C22H26F2OS/c1-3-5-7-8-9-15-10-11-16-17-12-13-18(25-14-6-4-2)20(24)22(17)26-21(16)19(15)23/h10-13H,3-9,14H2,1-2H3. The van der Waals surface area contributed by atoms with Crippen molar-refractivity contribution in [2.24, 2.45) is 0 Å². The molecule has 4 heteroatoms. The van der Waals surface area contributed by atoms with Crippen LogP contribution in [0.25, 0.3) is 20.2 Å². The molecule has 0 aliphatic heterocycles. The zero-order valence-corrected chi connectivity index (χ0v) is 16.4. The summed E-state index contributed by atoms with van der Waals surface area (Å²) in [6, 6.07) is 7.30. The Balaban J connectivity index is 1.93. The van der Waals surface area contributed by atoms with Crippen LogP contribution in [-0.2, 0) is 6.42 Å². The number of rotatable bonds is 9. The molecule has 140 valence electrons. The highest BCUT2D eigenvalue weighted by Gasteiger charge is 2.17. The van der Waals surface area contributed by atoms with Gasteiger partial charge in [-0.15, -0.1) is 11.3 Å². The fourth-order valence-electron chi connectivity index (χ4n) is 3.23. The van der Waals surface area contributed by atoms with Crippen LogP contribution in [0.5, 0.6) is 5.75 Å². The zero-order valence-electron chi connectivity index (χ0n) is 15.5. The Morgan fingerprint density at radius 2 is 1.50 bits per heavy atom. The summed E-state index contributed by atoms with van der Waals surface area (Å²) in [5, 5.41) is 1.56. The van der Waals surface area contributed by atoms with Gasteiger partial charge in [0.05, 0.1) is 16.0 Å². The average molecular weight is 377 g/mol. The topological polar surface area (TPSA) is 9.23 Å². The molecule has 1 aromatic heterocycles. The molecule has 0 N–H and O–H groups in total. The zero-order chi connectivity index (χ0) is 18.5. The summed E-state index contributed by atoms with van der Waals surface area (Å²) in [5.41, 5.74) is 0.736. The van der Waals surface area contributed by atoms with Crippen molar-refractivity contribution in [2.75, 3.05) is 6.61 Å². The number of fused-ring (bicyclic) bond motifs is 3. The van der Waals surface area contributed by atoms with Crippen molar-refractivity contribution < 1.29 is 13.5 Å². The lowest BCUT2D eigenvalue weighted by molar-refractivity contribution is 0.295. The molecule has 0 spiro atoms. The van der Waals surface area contributed by atoms with Gasteiger partial charge >= 0.3 is 0 Å². The van der Waals surface area contributed by atoms with Gasteiger partial charge in [-0.25, -0.2) is 8.78 Å². The normalized spacial score (nSPS) is 11.5. The van der Waals surface area contributed by atoms with E-state index >= 15 is 0 Å². The van der Waals surface area contributed by atoms with Gasteiger partial charge in [-0.1, -0.05) is 51.7 Å². The molecule has 26 heavy (non-hydrogen) atoms. The van der Waals surface area contributed by atoms with E-state index in [0.717, 1.165) is 48.4 Å². The van der Waals surface area contributed by atoms with E-state index in [4.69, 9.17) is 4.74 Å². The number of hydrogen-bond acceptors (Lipinski definition) is 2. The Morgan fingerprint density at radius 1 is 0.808 bits per heavy atom. The molecule has 0 saturated carbocycles. The molecule has 0 atom stereocenters. The minimum absolute atomic E-state index is 0.187. The van der Waals surface area contributed by atoms with Gasteiger partial charge < -0.3 is 4.74 Å². The summed E-state index contributed by atoms with van der Waals surface area (Å²) in [6.45, 7) is 4.73. The largest absolute Gasteiger partial charge is 0.490 e. The molecule has 0 aliphatic carbocycles. The summed E-state index contributed by atoms with van der Waals surface area (Å²) < 4.78 is 36.4. The van der Waals surface area contributed by atoms with Crippen LogP contribution < -0.4 is 4.74 Å². The fraction of sp³-hybridized carbons (Fsp3) is 0.455. The molecule has 0 aliphatic rings. The van der Waals surface area contributed by atoms with Crippen LogP contribution in [0, 0.1) is 11.6 Å². The highest BCUT2D eigenvalue weighted by molar-refractivity contribution is 7.25. The van der Waals surface area contributed by atoms with Crippen molar-refractivity contribution >= 4 is 31.5 Å². The van der Waals surface area contributed by atoms with E-state index in [0.29, 0.717) is 16.0 Å². The summed E-state index contributed by atoms with van der Waals surface area (Å²) in [7, 11) is 0. The number of thiophene rings is 1. The second-order valence-electron chi connectivity index (χ2n) is 6.78. The van der Waals surface area contributed by atoms with Gasteiger partial charge in [0.25, 0.3) is 0 Å². The van der Waals surface area contributed by atoms with Crippen LogP contribution in [-0.4, -0.2) is 6.61 Å². The van der Waals surface area contributed by atoms with Crippen LogP contribution >= 0.6 is 11.3 Å². The quantitative estimate of drug-likeness (QED) is 0.349. The fourth-order valence-corrected chi connectivity index (χ4v) is 4.42. The first-order valence-corrected chi connectivity index (χ1v) is 10.4. The first-order chi connectivity index (χ1) is 12.7. The van der Waals surface area contributed by atoms with Crippen LogP contribution in [0.1, 0.15) is 57.9 Å². The predicted molar refractivity (Wildman–Crippen MR) is 107 cm³/mol. The molecule has 0 bridgehead atoms. The van der Waals surface area contributed by atoms with Gasteiger partial charge in [-0.2, -0.15) is 0 Å². The van der Waals surface area contributed by atoms with Gasteiger partial charge in [0, 0.05) is 10.8 Å². The van der Waals surface area contributed by atoms with Crippen molar-refractivity contribution in [1.29, 1.82) is 0 Å². The van der Waals surface area contributed by atoms with E-state index in [1.54, 1.807) is 6.07 Å². The Labute approximate surface area is 158 Å². The minimum Gasteiger partial charge on any atom is -0.490 e. The van der Waals surface area contributed by atoms with Crippen molar-refractivity contribution in [3.63, 3.8) is 0 Å². The Morgan fingerprint density at radius 3 is 2.23 bits per heavy atom. The number of benzene rings is 2. The van der Waals surface area contributed by atoms with E-state index in [1.165, 1.54) is 24.2 Å². The van der Waals surface area contributed by atoms with Crippen molar-refractivity contribution in [2.45, 2.75) is 58.8 Å². The molecule has 0 amide bonds. The highest BCUT2D eigenvalue weighted by atomic mass is 32.1. The monoisotopic (exact) mass is 376 g/mol. The maximum Gasteiger partial charge on any atom is 0.182 e. The van der Waals surface area contributed by atoms with Crippen LogP contribution in [0.15, 0.2) is 24.3 Å². The maximum atomic E-state index is 15.0. The molecule has 0 radical (unpaired) electrons. The summed E-state index contributed by atoms with van der Waals surface area (Å²) in [6.07, 6.45) is 7.08. The number of unbranched alkanes of at least 4 members (excludes halogenated alkanes) is 4. The van der Waals surface area contributed by atoms with Crippen LogP contribution in [0.2, 0.25) is 0 Å². The van der Waals surface area contributed by atoms with Gasteiger partial charge in [0.2, 0.25) is 0 Å². The third-order valence-corrected chi connectivity index (χ3v) is 5.99. The lowest BCUT2D eigenvalue weighted by Gasteiger charge is -2.06. The van der Waals surface area contributed by atoms with Gasteiger partial charge in [-0.05, 0) is 37.0 Å². The molecule has 0 saturated heterocycles. The number of hydrogen-bond donors (Lipinski definition) is 0. The Bertz CT molecular complexity index is 885. The molecular formula is C22H26F2OS. The summed E-state index contributed by atoms with van der Waals surface area (Å²) in [4.78, 5) is 0. The summed E-state index contributed by atoms with van der Waals surface area (Å²) >= 11 is 1.20.